The van der Waals surface area contributed by atoms with E-state index in [-0.39, 0.29) is 41.3 Å². The molecular weight excluding hydrogens is 430 g/mol. The van der Waals surface area contributed by atoms with E-state index in [2.05, 4.69) is 20.6 Å². The average molecular weight is 460 g/mol. The summed E-state index contributed by atoms with van der Waals surface area (Å²) < 4.78 is 0. The number of nitrogen functional groups attached to an aromatic ring is 1. The summed E-state index contributed by atoms with van der Waals surface area (Å²) in [6.45, 7) is 5.56. The molecule has 0 spiro atoms. The minimum absolute atomic E-state index is 0.0131. The molecule has 1 amide bonds. The molecule has 9 nitrogen and oxygen atoms in total. The van der Waals surface area contributed by atoms with Crippen LogP contribution in [0.1, 0.15) is 58.8 Å². The second-order valence-electron chi connectivity index (χ2n) is 8.36. The average Bonchev–Trinajstić information content (AvgIpc) is 3.10. The van der Waals surface area contributed by atoms with Crippen LogP contribution < -0.4 is 21.9 Å². The number of aromatic nitrogens is 2. The number of hydrogen-bond donors (Lipinski definition) is 4. The number of Topliss-reactive ketones (excluding diaryl/α,β-unsaturated/α-hetero) is 2. The fourth-order valence-electron chi connectivity index (χ4n) is 3.83. The summed E-state index contributed by atoms with van der Waals surface area (Å²) in [6, 6.07) is 1.18. The van der Waals surface area contributed by atoms with Gasteiger partial charge >= 0.3 is 0 Å². The first-order valence-electron chi connectivity index (χ1n) is 10.7. The van der Waals surface area contributed by atoms with E-state index in [1.807, 2.05) is 13.0 Å². The number of thiophene rings is 1. The maximum absolute atomic E-state index is 12.7. The molecule has 3 heterocycles. The normalized spacial score (nSPS) is 16.0. The van der Waals surface area contributed by atoms with E-state index in [0.717, 1.165) is 23.3 Å². The van der Waals surface area contributed by atoms with Crippen LogP contribution in [0.3, 0.4) is 0 Å². The molecule has 0 saturated carbocycles. The number of ketones is 2. The van der Waals surface area contributed by atoms with E-state index in [4.69, 9.17) is 5.73 Å². The lowest BCUT2D eigenvalue weighted by atomic mass is 9.92. The Morgan fingerprint density at radius 2 is 2.09 bits per heavy atom. The van der Waals surface area contributed by atoms with Crippen LogP contribution in [0.2, 0.25) is 0 Å². The van der Waals surface area contributed by atoms with Gasteiger partial charge in [0.2, 0.25) is 5.95 Å². The molecule has 1 aliphatic heterocycles. The highest BCUT2D eigenvalue weighted by Crippen LogP contribution is 2.28. The number of fused-ring (bicyclic) bond motifs is 1. The number of aryl methyl sites for hydroxylation is 2. The first-order chi connectivity index (χ1) is 15.1. The van der Waals surface area contributed by atoms with Crippen molar-refractivity contribution in [1.29, 1.82) is 0 Å². The second kappa shape index (κ2) is 10.1. The molecule has 3 rings (SSSR count). The molecule has 0 aromatic carbocycles. The third-order valence-electron chi connectivity index (χ3n) is 5.69. The van der Waals surface area contributed by atoms with Gasteiger partial charge in [0.15, 0.2) is 5.78 Å². The van der Waals surface area contributed by atoms with E-state index in [1.165, 1.54) is 25.2 Å². The number of H-pyrrole nitrogens is 1. The fourth-order valence-corrected chi connectivity index (χ4v) is 4.92. The Hall–Kier alpha value is -3.01. The third kappa shape index (κ3) is 5.82. The molecule has 0 bridgehead atoms. The zero-order valence-corrected chi connectivity index (χ0v) is 19.4. The van der Waals surface area contributed by atoms with Gasteiger partial charge in [0.25, 0.3) is 11.5 Å². The summed E-state index contributed by atoms with van der Waals surface area (Å²) >= 11 is 1.42. The van der Waals surface area contributed by atoms with Crippen LogP contribution in [0.15, 0.2) is 10.9 Å². The maximum atomic E-state index is 12.7. The Balaban J connectivity index is 1.60. The van der Waals surface area contributed by atoms with E-state index in [0.29, 0.717) is 35.6 Å². The summed E-state index contributed by atoms with van der Waals surface area (Å²) in [6.07, 6.45) is 2.82. The smallest absolute Gasteiger partial charge is 0.261 e. The van der Waals surface area contributed by atoms with Gasteiger partial charge in [-0.25, -0.2) is 0 Å². The zero-order chi connectivity index (χ0) is 23.4. The number of nitrogens with zero attached hydrogens (tertiary/aromatic N) is 1. The number of anilines is 2. The topological polar surface area (TPSA) is 147 Å². The number of aromatic amines is 1. The lowest BCUT2D eigenvalue weighted by molar-refractivity contribution is -0.119. The fraction of sp³-hybridized carbons (Fsp3) is 0.500. The Kier molecular flexibility index (Phi) is 7.44. The highest BCUT2D eigenvalue weighted by atomic mass is 32.1. The zero-order valence-electron chi connectivity index (χ0n) is 18.5. The molecule has 0 fully saturated rings. The van der Waals surface area contributed by atoms with Crippen LogP contribution in [0.5, 0.6) is 0 Å². The largest absolute Gasteiger partial charge is 0.369 e. The Morgan fingerprint density at radius 3 is 2.78 bits per heavy atom. The van der Waals surface area contributed by atoms with Gasteiger partial charge in [-0.15, -0.1) is 11.3 Å². The standard InChI is InChI=1S/C22H29N5O4S/c1-11-8-18(21(31)25-16(13(3)29)6-4-12(2)28)32-17(11)7-5-14-9-15-19(24-10-14)26-22(23)27-20(15)30/h8,14,16H,4-7,9-10H2,1-3H3,(H,25,31)(H4,23,24,26,27,30)/t14?,16-/m0/s1. The molecule has 1 aliphatic rings. The molecule has 1 unspecified atom stereocenters. The minimum Gasteiger partial charge on any atom is -0.369 e. The molecule has 2 aromatic rings. The number of carbonyl (C=O) groups excluding carboxylic acids is 3. The van der Waals surface area contributed by atoms with Crippen molar-refractivity contribution in [2.24, 2.45) is 5.92 Å². The lowest BCUT2D eigenvalue weighted by Gasteiger charge is -2.24. The van der Waals surface area contributed by atoms with Gasteiger partial charge in [-0.3, -0.25) is 19.4 Å². The number of carbonyl (C=O) groups is 3. The number of rotatable bonds is 9. The molecule has 172 valence electrons. The van der Waals surface area contributed by atoms with Gasteiger partial charge in [-0.2, -0.15) is 4.98 Å². The Bertz CT molecular complexity index is 1090. The van der Waals surface area contributed by atoms with Crippen molar-refractivity contribution in [2.45, 2.75) is 58.9 Å². The highest BCUT2D eigenvalue weighted by molar-refractivity contribution is 7.14. The van der Waals surface area contributed by atoms with E-state index in [9.17, 15) is 19.2 Å². The Morgan fingerprint density at radius 1 is 1.34 bits per heavy atom. The molecule has 0 saturated heterocycles. The predicted octanol–water partition coefficient (Wildman–Crippen LogP) is 2.00. The van der Waals surface area contributed by atoms with Crippen molar-refractivity contribution in [1.82, 2.24) is 15.3 Å². The molecule has 2 atom stereocenters. The first kappa shape index (κ1) is 23.6. The van der Waals surface area contributed by atoms with Gasteiger partial charge in [-0.05, 0) is 64.0 Å². The highest BCUT2D eigenvalue weighted by Gasteiger charge is 2.24. The van der Waals surface area contributed by atoms with Gasteiger partial charge in [0.05, 0.1) is 16.5 Å². The minimum atomic E-state index is -0.661. The number of nitrogens with two attached hydrogens (primary N) is 1. The molecule has 0 aliphatic carbocycles. The summed E-state index contributed by atoms with van der Waals surface area (Å²) in [5.41, 5.74) is 7.04. The van der Waals surface area contributed by atoms with Crippen LogP contribution in [0.4, 0.5) is 11.8 Å². The van der Waals surface area contributed by atoms with Crippen LogP contribution in [-0.2, 0) is 22.4 Å². The summed E-state index contributed by atoms with van der Waals surface area (Å²) in [7, 11) is 0. The van der Waals surface area contributed by atoms with Gasteiger partial charge < -0.3 is 21.2 Å². The van der Waals surface area contributed by atoms with Crippen molar-refractivity contribution in [3.8, 4) is 0 Å². The molecule has 0 radical (unpaired) electrons. The van der Waals surface area contributed by atoms with Crippen LogP contribution >= 0.6 is 11.3 Å². The van der Waals surface area contributed by atoms with Gasteiger partial charge in [0.1, 0.15) is 11.6 Å². The second-order valence-corrected chi connectivity index (χ2v) is 9.50. The van der Waals surface area contributed by atoms with Crippen LogP contribution in [0, 0.1) is 12.8 Å². The maximum Gasteiger partial charge on any atom is 0.261 e. The molecule has 2 aromatic heterocycles. The summed E-state index contributed by atoms with van der Waals surface area (Å²) in [4.78, 5) is 56.2. The van der Waals surface area contributed by atoms with Crippen molar-refractivity contribution in [3.63, 3.8) is 0 Å². The molecule has 5 N–H and O–H groups in total. The van der Waals surface area contributed by atoms with E-state index < -0.39 is 6.04 Å². The van der Waals surface area contributed by atoms with Crippen LogP contribution in [0.25, 0.3) is 0 Å². The van der Waals surface area contributed by atoms with Gasteiger partial charge in [-0.1, -0.05) is 0 Å². The number of nitrogens with one attached hydrogen (secondary N) is 3. The Labute approximate surface area is 190 Å². The summed E-state index contributed by atoms with van der Waals surface area (Å²) in [5.74, 6) is 0.454. The van der Waals surface area contributed by atoms with Crippen molar-refractivity contribution < 1.29 is 14.4 Å². The lowest BCUT2D eigenvalue weighted by Crippen LogP contribution is -2.39. The first-order valence-corrected chi connectivity index (χ1v) is 11.5. The summed E-state index contributed by atoms with van der Waals surface area (Å²) in [5, 5.41) is 5.95. The van der Waals surface area contributed by atoms with Crippen molar-refractivity contribution in [3.05, 3.63) is 37.3 Å². The molecular formula is C22H29N5O4S. The monoisotopic (exact) mass is 459 g/mol. The number of hydrogen-bond acceptors (Lipinski definition) is 8. The predicted molar refractivity (Wildman–Crippen MR) is 124 cm³/mol. The molecule has 32 heavy (non-hydrogen) atoms. The van der Waals surface area contributed by atoms with Gasteiger partial charge in [0, 0.05) is 17.8 Å². The van der Waals surface area contributed by atoms with E-state index in [1.54, 1.807) is 0 Å². The third-order valence-corrected chi connectivity index (χ3v) is 6.99. The van der Waals surface area contributed by atoms with Crippen molar-refractivity contribution >= 4 is 40.6 Å². The van der Waals surface area contributed by atoms with Crippen molar-refractivity contribution in [2.75, 3.05) is 17.6 Å². The number of amides is 1. The van der Waals surface area contributed by atoms with Crippen LogP contribution in [-0.4, -0.2) is 40.0 Å². The molecule has 10 heteroatoms. The van der Waals surface area contributed by atoms with E-state index >= 15 is 0 Å². The SMILES string of the molecule is CC(=O)CC[C@H](NC(=O)c1cc(C)c(CCC2CNc3nc(N)[nH]c(=O)c3C2)s1)C(C)=O. The quantitative estimate of drug-likeness (QED) is 0.448.